The van der Waals surface area contributed by atoms with Crippen molar-refractivity contribution in [2.45, 2.75) is 51.9 Å². The average molecular weight is 207 g/mol. The fourth-order valence-electron chi connectivity index (χ4n) is 2.60. The summed E-state index contributed by atoms with van der Waals surface area (Å²) in [4.78, 5) is 13.9. The van der Waals surface area contributed by atoms with Crippen LogP contribution in [0.1, 0.15) is 51.9 Å². The zero-order chi connectivity index (χ0) is 10.7. The highest BCUT2D eigenvalue weighted by molar-refractivity contribution is 5.80. The van der Waals surface area contributed by atoms with Crippen LogP contribution in [-0.4, -0.2) is 23.9 Å². The normalized spacial score (nSPS) is 21.9. The van der Waals surface area contributed by atoms with Gasteiger partial charge in [-0.2, -0.15) is 0 Å². The van der Waals surface area contributed by atoms with Crippen LogP contribution >= 0.6 is 0 Å². The first-order valence-electron chi connectivity index (χ1n) is 6.29. The van der Waals surface area contributed by atoms with E-state index in [1.165, 1.54) is 37.7 Å². The molecule has 0 spiro atoms. The largest absolute Gasteiger partial charge is 0.338 e. The summed E-state index contributed by atoms with van der Waals surface area (Å²) in [5.74, 6) is 0.365. The van der Waals surface area contributed by atoms with Crippen molar-refractivity contribution in [2.24, 2.45) is 0 Å². The van der Waals surface area contributed by atoms with E-state index in [2.05, 4.69) is 11.8 Å². The number of amides is 1. The standard InChI is InChI=1S/C13H21NO/c1-2-3-8-14-10-12-7-5-4-6-11(12)9-13(14)15/h2-10H2,1H3. The van der Waals surface area contributed by atoms with Crippen molar-refractivity contribution in [1.82, 2.24) is 4.90 Å². The van der Waals surface area contributed by atoms with E-state index in [1.807, 2.05) is 0 Å². The summed E-state index contributed by atoms with van der Waals surface area (Å²) in [7, 11) is 0. The molecular weight excluding hydrogens is 186 g/mol. The summed E-state index contributed by atoms with van der Waals surface area (Å²) in [5.41, 5.74) is 3.05. The number of hydrogen-bond donors (Lipinski definition) is 0. The van der Waals surface area contributed by atoms with Crippen LogP contribution in [0.3, 0.4) is 0 Å². The third kappa shape index (κ3) is 2.42. The second-order valence-electron chi connectivity index (χ2n) is 4.76. The molecule has 84 valence electrons. The van der Waals surface area contributed by atoms with Crippen molar-refractivity contribution in [1.29, 1.82) is 0 Å². The number of carbonyl (C=O) groups is 1. The van der Waals surface area contributed by atoms with Gasteiger partial charge in [0.05, 0.1) is 0 Å². The molecule has 1 heterocycles. The third-order valence-corrected chi connectivity index (χ3v) is 3.59. The summed E-state index contributed by atoms with van der Waals surface area (Å²) >= 11 is 0. The first kappa shape index (κ1) is 10.7. The molecule has 1 aliphatic heterocycles. The highest BCUT2D eigenvalue weighted by Crippen LogP contribution is 2.31. The van der Waals surface area contributed by atoms with E-state index in [0.717, 1.165) is 25.9 Å². The molecule has 1 aliphatic carbocycles. The number of rotatable bonds is 3. The molecule has 0 saturated heterocycles. The Kier molecular flexibility index (Phi) is 3.45. The van der Waals surface area contributed by atoms with Gasteiger partial charge in [-0.15, -0.1) is 0 Å². The Hall–Kier alpha value is -0.790. The molecule has 0 bridgehead atoms. The first-order valence-corrected chi connectivity index (χ1v) is 6.29. The molecule has 2 aliphatic rings. The van der Waals surface area contributed by atoms with Crippen LogP contribution in [-0.2, 0) is 4.79 Å². The molecule has 0 fully saturated rings. The van der Waals surface area contributed by atoms with Crippen molar-refractivity contribution >= 4 is 5.91 Å². The average Bonchev–Trinajstić information content (AvgIpc) is 2.26. The predicted octanol–water partition coefficient (Wildman–Crippen LogP) is 2.89. The molecule has 0 aromatic carbocycles. The van der Waals surface area contributed by atoms with Gasteiger partial charge in [0.1, 0.15) is 0 Å². The van der Waals surface area contributed by atoms with Crippen molar-refractivity contribution < 1.29 is 4.79 Å². The quantitative estimate of drug-likeness (QED) is 0.652. The number of unbranched alkanes of at least 4 members (excludes halogenated alkanes) is 1. The first-order chi connectivity index (χ1) is 7.31. The van der Waals surface area contributed by atoms with Gasteiger partial charge in [-0.1, -0.05) is 24.5 Å². The van der Waals surface area contributed by atoms with Crippen LogP contribution in [0, 0.1) is 0 Å². The Morgan fingerprint density at radius 1 is 1.20 bits per heavy atom. The maximum Gasteiger partial charge on any atom is 0.226 e. The zero-order valence-electron chi connectivity index (χ0n) is 9.72. The Balaban J connectivity index is 2.00. The molecule has 2 nitrogen and oxygen atoms in total. The SMILES string of the molecule is CCCCN1CC2=C(CCCC2)CC1=O. The van der Waals surface area contributed by atoms with Crippen LogP contribution in [0.4, 0.5) is 0 Å². The minimum Gasteiger partial charge on any atom is -0.338 e. The molecule has 0 aromatic heterocycles. The lowest BCUT2D eigenvalue weighted by atomic mass is 9.87. The van der Waals surface area contributed by atoms with E-state index < -0.39 is 0 Å². The topological polar surface area (TPSA) is 20.3 Å². The van der Waals surface area contributed by atoms with Crippen molar-refractivity contribution in [3.63, 3.8) is 0 Å². The van der Waals surface area contributed by atoms with E-state index in [-0.39, 0.29) is 0 Å². The van der Waals surface area contributed by atoms with E-state index in [0.29, 0.717) is 5.91 Å². The van der Waals surface area contributed by atoms with Crippen LogP contribution in [0.15, 0.2) is 11.1 Å². The lowest BCUT2D eigenvalue weighted by Gasteiger charge is -2.33. The Morgan fingerprint density at radius 3 is 2.67 bits per heavy atom. The molecule has 1 amide bonds. The summed E-state index contributed by atoms with van der Waals surface area (Å²) in [6.07, 6.45) is 8.09. The fraction of sp³-hybridized carbons (Fsp3) is 0.769. The minimum atomic E-state index is 0.365. The Morgan fingerprint density at radius 2 is 1.93 bits per heavy atom. The van der Waals surface area contributed by atoms with Crippen LogP contribution in [0.5, 0.6) is 0 Å². The van der Waals surface area contributed by atoms with Gasteiger partial charge in [0.15, 0.2) is 0 Å². The molecule has 0 atom stereocenters. The van der Waals surface area contributed by atoms with Gasteiger partial charge in [-0.3, -0.25) is 4.79 Å². The monoisotopic (exact) mass is 207 g/mol. The lowest BCUT2D eigenvalue weighted by molar-refractivity contribution is -0.131. The second kappa shape index (κ2) is 4.82. The van der Waals surface area contributed by atoms with Crippen molar-refractivity contribution in [3.05, 3.63) is 11.1 Å². The van der Waals surface area contributed by atoms with E-state index >= 15 is 0 Å². The summed E-state index contributed by atoms with van der Waals surface area (Å²) < 4.78 is 0. The Labute approximate surface area is 92.3 Å². The maximum atomic E-state index is 11.8. The Bertz CT molecular complexity index is 280. The maximum absolute atomic E-state index is 11.8. The summed E-state index contributed by atoms with van der Waals surface area (Å²) in [6, 6.07) is 0. The molecule has 0 radical (unpaired) electrons. The van der Waals surface area contributed by atoms with Crippen LogP contribution in [0.25, 0.3) is 0 Å². The minimum absolute atomic E-state index is 0.365. The molecule has 0 unspecified atom stereocenters. The number of carbonyl (C=O) groups excluding carboxylic acids is 1. The molecule has 2 rings (SSSR count). The van der Waals surface area contributed by atoms with E-state index in [4.69, 9.17) is 0 Å². The third-order valence-electron chi connectivity index (χ3n) is 3.59. The fourth-order valence-corrected chi connectivity index (χ4v) is 2.60. The molecule has 2 heteroatoms. The molecule has 0 saturated carbocycles. The zero-order valence-corrected chi connectivity index (χ0v) is 9.72. The number of nitrogens with zero attached hydrogens (tertiary/aromatic N) is 1. The van der Waals surface area contributed by atoms with Gasteiger partial charge >= 0.3 is 0 Å². The van der Waals surface area contributed by atoms with Crippen LogP contribution in [0.2, 0.25) is 0 Å². The van der Waals surface area contributed by atoms with Gasteiger partial charge in [0, 0.05) is 19.5 Å². The lowest BCUT2D eigenvalue weighted by Crippen LogP contribution is -2.38. The van der Waals surface area contributed by atoms with Crippen molar-refractivity contribution in [2.75, 3.05) is 13.1 Å². The van der Waals surface area contributed by atoms with Gasteiger partial charge in [-0.25, -0.2) is 0 Å². The van der Waals surface area contributed by atoms with E-state index in [9.17, 15) is 4.79 Å². The summed E-state index contributed by atoms with van der Waals surface area (Å²) in [5, 5.41) is 0. The highest BCUT2D eigenvalue weighted by atomic mass is 16.2. The second-order valence-corrected chi connectivity index (χ2v) is 4.76. The van der Waals surface area contributed by atoms with Gasteiger partial charge in [0.2, 0.25) is 5.91 Å². The van der Waals surface area contributed by atoms with Gasteiger partial charge in [-0.05, 0) is 32.1 Å². The molecule has 15 heavy (non-hydrogen) atoms. The summed E-state index contributed by atoms with van der Waals surface area (Å²) in [6.45, 7) is 4.08. The van der Waals surface area contributed by atoms with Crippen LogP contribution < -0.4 is 0 Å². The molecule has 0 N–H and O–H groups in total. The van der Waals surface area contributed by atoms with Gasteiger partial charge < -0.3 is 4.90 Å². The van der Waals surface area contributed by atoms with Gasteiger partial charge in [0.25, 0.3) is 0 Å². The predicted molar refractivity (Wildman–Crippen MR) is 61.6 cm³/mol. The van der Waals surface area contributed by atoms with Crippen molar-refractivity contribution in [3.8, 4) is 0 Å². The highest BCUT2D eigenvalue weighted by Gasteiger charge is 2.25. The van der Waals surface area contributed by atoms with E-state index in [1.54, 1.807) is 5.57 Å². The molecular formula is C13H21NO. The number of hydrogen-bond acceptors (Lipinski definition) is 1. The molecule has 0 aromatic rings. The smallest absolute Gasteiger partial charge is 0.226 e.